The zero-order valence-electron chi connectivity index (χ0n) is 11.3. The van der Waals surface area contributed by atoms with Gasteiger partial charge in [0.15, 0.2) is 5.78 Å². The first kappa shape index (κ1) is 13.2. The molecule has 0 amide bonds. The number of hydrogen-bond donors (Lipinski definition) is 0. The summed E-state index contributed by atoms with van der Waals surface area (Å²) in [5, 5.41) is 0. The van der Waals surface area contributed by atoms with Crippen molar-refractivity contribution in [1.29, 1.82) is 0 Å². The van der Waals surface area contributed by atoms with Crippen molar-refractivity contribution in [3.8, 4) is 0 Å². The minimum atomic E-state index is 0.212. The van der Waals surface area contributed by atoms with Crippen LogP contribution in [0.25, 0.3) is 0 Å². The average molecular weight is 220 g/mol. The van der Waals surface area contributed by atoms with Crippen LogP contribution in [0.15, 0.2) is 22.8 Å². The Bertz CT molecular complexity index is 342. The lowest BCUT2D eigenvalue weighted by molar-refractivity contribution is -0.113. The normalized spacial score (nSPS) is 21.2. The van der Waals surface area contributed by atoms with Gasteiger partial charge in [-0.3, -0.25) is 4.79 Å². The monoisotopic (exact) mass is 220 g/mol. The minimum Gasteiger partial charge on any atom is -0.295 e. The molecule has 0 aromatic rings. The van der Waals surface area contributed by atoms with Crippen LogP contribution in [0.1, 0.15) is 60.3 Å². The van der Waals surface area contributed by atoms with E-state index in [0.29, 0.717) is 0 Å². The van der Waals surface area contributed by atoms with Gasteiger partial charge in [-0.2, -0.15) is 0 Å². The topological polar surface area (TPSA) is 17.1 Å². The third-order valence-corrected chi connectivity index (χ3v) is 3.69. The maximum absolute atomic E-state index is 11.5. The molecule has 0 aromatic heterocycles. The maximum Gasteiger partial charge on any atom is 0.155 e. The molecule has 0 bridgehead atoms. The summed E-state index contributed by atoms with van der Waals surface area (Å²) in [7, 11) is 0. The van der Waals surface area contributed by atoms with Crippen molar-refractivity contribution in [3.05, 3.63) is 22.8 Å². The van der Waals surface area contributed by atoms with Gasteiger partial charge >= 0.3 is 0 Å². The summed E-state index contributed by atoms with van der Waals surface area (Å²) in [5.41, 5.74) is 4.05. The molecule has 0 N–H and O–H groups in total. The van der Waals surface area contributed by atoms with Gasteiger partial charge in [0.1, 0.15) is 0 Å². The third-order valence-electron chi connectivity index (χ3n) is 3.69. The molecular formula is C15H24O. The molecule has 0 unspecified atom stereocenters. The second-order valence-electron chi connectivity index (χ2n) is 5.51. The molecule has 1 heteroatoms. The fraction of sp³-hybridized carbons (Fsp3) is 0.667. The van der Waals surface area contributed by atoms with E-state index in [-0.39, 0.29) is 11.2 Å². The smallest absolute Gasteiger partial charge is 0.155 e. The zero-order chi connectivity index (χ0) is 12.3. The van der Waals surface area contributed by atoms with Gasteiger partial charge in [0.25, 0.3) is 0 Å². The highest BCUT2D eigenvalue weighted by atomic mass is 16.1. The molecular weight excluding hydrogens is 196 g/mol. The van der Waals surface area contributed by atoms with Crippen molar-refractivity contribution in [2.45, 2.75) is 60.3 Å². The molecule has 0 heterocycles. The van der Waals surface area contributed by atoms with Gasteiger partial charge in [0, 0.05) is 0 Å². The van der Waals surface area contributed by atoms with Gasteiger partial charge in [-0.05, 0) is 56.1 Å². The van der Waals surface area contributed by atoms with Crippen LogP contribution in [0.2, 0.25) is 0 Å². The van der Waals surface area contributed by atoms with E-state index in [1.54, 1.807) is 6.92 Å². The summed E-state index contributed by atoms with van der Waals surface area (Å²) in [6, 6.07) is 0. The fourth-order valence-electron chi connectivity index (χ4n) is 2.59. The predicted molar refractivity (Wildman–Crippen MR) is 69.4 cm³/mol. The number of Topliss-reactive ketones (excluding diaryl/α,β-unsaturated/α-hetero) is 1. The molecule has 1 nitrogen and oxygen atoms in total. The Morgan fingerprint density at radius 1 is 1.44 bits per heavy atom. The van der Waals surface area contributed by atoms with Crippen molar-refractivity contribution in [1.82, 2.24) is 0 Å². The molecule has 90 valence electrons. The van der Waals surface area contributed by atoms with Crippen molar-refractivity contribution in [2.24, 2.45) is 5.41 Å². The first-order valence-corrected chi connectivity index (χ1v) is 6.30. The number of hydrogen-bond acceptors (Lipinski definition) is 1. The Balaban J connectivity index is 3.14. The number of carbonyl (C=O) groups excluding carboxylic acids is 1. The molecule has 0 aliphatic heterocycles. The SMILES string of the molecule is CC/C(=C\C1=C(C)CCCC1(C)C)C(C)=O. The van der Waals surface area contributed by atoms with Gasteiger partial charge < -0.3 is 0 Å². The third kappa shape index (κ3) is 2.84. The van der Waals surface area contributed by atoms with Crippen LogP contribution in [-0.2, 0) is 4.79 Å². The highest BCUT2D eigenvalue weighted by molar-refractivity contribution is 5.93. The summed E-state index contributed by atoms with van der Waals surface area (Å²) in [6.45, 7) is 10.5. The van der Waals surface area contributed by atoms with E-state index in [1.165, 1.54) is 30.4 Å². The molecule has 1 aliphatic carbocycles. The largest absolute Gasteiger partial charge is 0.295 e. The van der Waals surface area contributed by atoms with E-state index < -0.39 is 0 Å². The number of ketones is 1. The lowest BCUT2D eigenvalue weighted by atomic mass is 9.72. The highest BCUT2D eigenvalue weighted by Crippen LogP contribution is 2.41. The predicted octanol–water partition coefficient (Wildman–Crippen LogP) is 4.44. The Kier molecular flexibility index (Phi) is 4.12. The Hall–Kier alpha value is -0.850. The molecule has 0 fully saturated rings. The van der Waals surface area contributed by atoms with E-state index in [4.69, 9.17) is 0 Å². The summed E-state index contributed by atoms with van der Waals surface area (Å²) in [6.07, 6.45) is 6.67. The first-order chi connectivity index (χ1) is 7.38. The van der Waals surface area contributed by atoms with Crippen molar-refractivity contribution in [3.63, 3.8) is 0 Å². The standard InChI is InChI=1S/C15H24O/c1-6-13(12(3)16)10-14-11(2)8-7-9-15(14,4)5/h10H,6-9H2,1-5H3/b13-10+. The fourth-order valence-corrected chi connectivity index (χ4v) is 2.59. The minimum absolute atomic E-state index is 0.212. The summed E-state index contributed by atoms with van der Waals surface area (Å²) in [4.78, 5) is 11.5. The van der Waals surface area contributed by atoms with E-state index in [0.717, 1.165) is 12.0 Å². The highest BCUT2D eigenvalue weighted by Gasteiger charge is 2.27. The lowest BCUT2D eigenvalue weighted by Crippen LogP contribution is -2.19. The van der Waals surface area contributed by atoms with Crippen LogP contribution in [-0.4, -0.2) is 5.78 Å². The van der Waals surface area contributed by atoms with Gasteiger partial charge in [-0.25, -0.2) is 0 Å². The molecule has 1 aliphatic rings. The lowest BCUT2D eigenvalue weighted by Gasteiger charge is -2.33. The number of rotatable bonds is 3. The van der Waals surface area contributed by atoms with Crippen molar-refractivity contribution < 1.29 is 4.79 Å². The number of carbonyl (C=O) groups is 1. The summed E-state index contributed by atoms with van der Waals surface area (Å²) < 4.78 is 0. The molecule has 0 saturated carbocycles. The van der Waals surface area contributed by atoms with Crippen LogP contribution in [0.3, 0.4) is 0 Å². The van der Waals surface area contributed by atoms with E-state index in [1.807, 2.05) is 0 Å². The van der Waals surface area contributed by atoms with E-state index in [2.05, 4.69) is 33.8 Å². The van der Waals surface area contributed by atoms with E-state index >= 15 is 0 Å². The van der Waals surface area contributed by atoms with Crippen LogP contribution >= 0.6 is 0 Å². The van der Waals surface area contributed by atoms with Gasteiger partial charge in [0.05, 0.1) is 0 Å². The first-order valence-electron chi connectivity index (χ1n) is 6.30. The molecule has 0 spiro atoms. The summed E-state index contributed by atoms with van der Waals surface area (Å²) >= 11 is 0. The second kappa shape index (κ2) is 4.99. The average Bonchev–Trinajstić information content (AvgIpc) is 2.16. The van der Waals surface area contributed by atoms with Gasteiger partial charge in [-0.15, -0.1) is 0 Å². The maximum atomic E-state index is 11.5. The Labute approximate surface area is 99.6 Å². The molecule has 0 aromatic carbocycles. The van der Waals surface area contributed by atoms with Crippen molar-refractivity contribution >= 4 is 5.78 Å². The molecule has 0 saturated heterocycles. The van der Waals surface area contributed by atoms with E-state index in [9.17, 15) is 4.79 Å². The van der Waals surface area contributed by atoms with Crippen LogP contribution in [0.4, 0.5) is 0 Å². The van der Waals surface area contributed by atoms with Crippen LogP contribution in [0, 0.1) is 5.41 Å². The molecule has 16 heavy (non-hydrogen) atoms. The zero-order valence-corrected chi connectivity index (χ0v) is 11.3. The Morgan fingerprint density at radius 2 is 2.06 bits per heavy atom. The van der Waals surface area contributed by atoms with Crippen LogP contribution in [0.5, 0.6) is 0 Å². The van der Waals surface area contributed by atoms with Crippen LogP contribution < -0.4 is 0 Å². The summed E-state index contributed by atoms with van der Waals surface area (Å²) in [5.74, 6) is 0.212. The van der Waals surface area contributed by atoms with Gasteiger partial charge in [-0.1, -0.05) is 32.4 Å². The quantitative estimate of drug-likeness (QED) is 0.643. The molecule has 1 rings (SSSR count). The van der Waals surface area contributed by atoms with Crippen molar-refractivity contribution in [2.75, 3.05) is 0 Å². The van der Waals surface area contributed by atoms with Gasteiger partial charge in [0.2, 0.25) is 0 Å². The molecule has 0 radical (unpaired) electrons. The Morgan fingerprint density at radius 3 is 2.50 bits per heavy atom. The number of allylic oxidation sites excluding steroid dienone is 4. The molecule has 0 atom stereocenters. The second-order valence-corrected chi connectivity index (χ2v) is 5.51.